The highest BCUT2D eigenvalue weighted by molar-refractivity contribution is 6.02. The van der Waals surface area contributed by atoms with E-state index >= 15 is 0 Å². The number of hydrogen-bond acceptors (Lipinski definition) is 1. The maximum atomic E-state index is 12.3. The molecule has 18 heavy (non-hydrogen) atoms. The van der Waals surface area contributed by atoms with Gasteiger partial charge < -0.3 is 0 Å². The van der Waals surface area contributed by atoms with Crippen molar-refractivity contribution in [3.05, 3.63) is 60.2 Å². The number of fused-ring (bicyclic) bond motifs is 5. The second kappa shape index (κ2) is 3.33. The average molecular weight is 233 g/mol. The number of aromatic nitrogens is 1. The third-order valence-corrected chi connectivity index (χ3v) is 3.60. The summed E-state index contributed by atoms with van der Waals surface area (Å²) >= 11 is 0. The van der Waals surface area contributed by atoms with Crippen LogP contribution in [0.5, 0.6) is 0 Å². The zero-order chi connectivity index (χ0) is 12.1. The Morgan fingerprint density at radius 2 is 1.72 bits per heavy atom. The van der Waals surface area contributed by atoms with Crippen molar-refractivity contribution in [3.8, 4) is 11.3 Å². The van der Waals surface area contributed by atoms with Crippen LogP contribution in [0, 0.1) is 0 Å². The van der Waals surface area contributed by atoms with Crippen LogP contribution in [0.2, 0.25) is 0 Å². The molecule has 86 valence electrons. The van der Waals surface area contributed by atoms with Crippen LogP contribution in [0.1, 0.15) is 10.4 Å². The van der Waals surface area contributed by atoms with Gasteiger partial charge in [-0.1, -0.05) is 42.5 Å². The molecule has 0 saturated heterocycles. The van der Waals surface area contributed by atoms with E-state index in [-0.39, 0.29) is 5.91 Å². The fourth-order valence-corrected chi connectivity index (χ4v) is 2.79. The molecule has 1 aromatic heterocycles. The predicted molar refractivity (Wildman–Crippen MR) is 71.7 cm³/mol. The van der Waals surface area contributed by atoms with Crippen molar-refractivity contribution in [2.45, 2.75) is 6.42 Å². The van der Waals surface area contributed by atoms with E-state index in [2.05, 4.69) is 18.2 Å². The molecule has 3 aromatic rings. The second-order valence-electron chi connectivity index (χ2n) is 4.65. The lowest BCUT2D eigenvalue weighted by Gasteiger charge is -2.18. The molecule has 0 saturated carbocycles. The van der Waals surface area contributed by atoms with Gasteiger partial charge in [0.05, 0.1) is 17.6 Å². The predicted octanol–water partition coefficient (Wildman–Crippen LogP) is 3.50. The van der Waals surface area contributed by atoms with E-state index in [0.29, 0.717) is 6.42 Å². The Kier molecular flexibility index (Phi) is 1.78. The lowest BCUT2D eigenvalue weighted by Crippen LogP contribution is -2.19. The van der Waals surface area contributed by atoms with Crippen LogP contribution in [0.3, 0.4) is 0 Å². The van der Waals surface area contributed by atoms with Gasteiger partial charge in [0.25, 0.3) is 0 Å². The van der Waals surface area contributed by atoms with Gasteiger partial charge in [-0.2, -0.15) is 0 Å². The molecule has 2 heteroatoms. The monoisotopic (exact) mass is 233 g/mol. The molecular formula is C16H11NO. The number of rotatable bonds is 0. The van der Waals surface area contributed by atoms with Gasteiger partial charge in [-0.3, -0.25) is 9.36 Å². The van der Waals surface area contributed by atoms with Crippen molar-refractivity contribution >= 4 is 16.8 Å². The molecule has 1 aliphatic heterocycles. The summed E-state index contributed by atoms with van der Waals surface area (Å²) in [5.74, 6) is 0.157. The highest BCUT2D eigenvalue weighted by Crippen LogP contribution is 2.34. The molecule has 1 aliphatic rings. The van der Waals surface area contributed by atoms with Gasteiger partial charge in [0.15, 0.2) is 0 Å². The SMILES string of the molecule is O=C1Cc2ccccc2-c2cc3ccccc3n21. The van der Waals surface area contributed by atoms with Crippen LogP contribution >= 0.6 is 0 Å². The van der Waals surface area contributed by atoms with Crippen molar-refractivity contribution in [2.75, 3.05) is 0 Å². The normalized spacial score (nSPS) is 13.4. The second-order valence-corrected chi connectivity index (χ2v) is 4.65. The lowest BCUT2D eigenvalue weighted by molar-refractivity contribution is 0.0918. The zero-order valence-electron chi connectivity index (χ0n) is 9.76. The number of para-hydroxylation sites is 1. The van der Waals surface area contributed by atoms with Crippen LogP contribution in [-0.4, -0.2) is 10.5 Å². The molecule has 0 bridgehead atoms. The lowest BCUT2D eigenvalue weighted by atomic mass is 9.98. The summed E-state index contributed by atoms with van der Waals surface area (Å²) in [7, 11) is 0. The summed E-state index contributed by atoms with van der Waals surface area (Å²) in [6.45, 7) is 0. The Balaban J connectivity index is 2.16. The Labute approximate surface area is 104 Å². The van der Waals surface area contributed by atoms with E-state index in [1.54, 1.807) is 0 Å². The van der Waals surface area contributed by atoms with Crippen molar-refractivity contribution in [1.29, 1.82) is 0 Å². The molecule has 0 N–H and O–H groups in total. The highest BCUT2D eigenvalue weighted by Gasteiger charge is 2.23. The minimum Gasteiger partial charge on any atom is -0.280 e. The summed E-state index contributed by atoms with van der Waals surface area (Å²) in [5, 5.41) is 1.12. The number of carbonyl (C=O) groups excluding carboxylic acids is 1. The smallest absolute Gasteiger partial charge is 0.236 e. The Morgan fingerprint density at radius 3 is 2.67 bits per heavy atom. The van der Waals surface area contributed by atoms with Crippen LogP contribution in [0.4, 0.5) is 0 Å². The molecule has 0 aliphatic carbocycles. The molecule has 4 rings (SSSR count). The molecule has 0 spiro atoms. The molecule has 0 unspecified atom stereocenters. The fourth-order valence-electron chi connectivity index (χ4n) is 2.79. The minimum atomic E-state index is 0.157. The van der Waals surface area contributed by atoms with Crippen LogP contribution in [0.15, 0.2) is 54.6 Å². The quantitative estimate of drug-likeness (QED) is 0.582. The topological polar surface area (TPSA) is 22.0 Å². The van der Waals surface area contributed by atoms with Crippen LogP contribution < -0.4 is 0 Å². The fraction of sp³-hybridized carbons (Fsp3) is 0.0625. The summed E-state index contributed by atoms with van der Waals surface area (Å²) in [6.07, 6.45) is 0.488. The molecule has 2 aromatic carbocycles. The third kappa shape index (κ3) is 1.15. The first-order chi connectivity index (χ1) is 8.84. The van der Waals surface area contributed by atoms with Crippen molar-refractivity contribution < 1.29 is 4.79 Å². The van der Waals surface area contributed by atoms with E-state index in [0.717, 1.165) is 22.2 Å². The minimum absolute atomic E-state index is 0.157. The van der Waals surface area contributed by atoms with E-state index in [1.807, 2.05) is 41.0 Å². The van der Waals surface area contributed by atoms with Gasteiger partial charge >= 0.3 is 0 Å². The Bertz CT molecular complexity index is 783. The molecule has 0 radical (unpaired) electrons. The van der Waals surface area contributed by atoms with Crippen molar-refractivity contribution in [1.82, 2.24) is 4.57 Å². The number of hydrogen-bond donors (Lipinski definition) is 0. The largest absolute Gasteiger partial charge is 0.280 e. The van der Waals surface area contributed by atoms with E-state index in [1.165, 1.54) is 5.56 Å². The van der Waals surface area contributed by atoms with Gasteiger partial charge in [-0.15, -0.1) is 0 Å². The first kappa shape index (κ1) is 9.66. The average Bonchev–Trinajstić information content (AvgIpc) is 2.79. The van der Waals surface area contributed by atoms with Crippen LogP contribution in [0.25, 0.3) is 22.2 Å². The standard InChI is InChI=1S/C16H11NO/c18-16-10-11-5-1-3-7-13(11)15-9-12-6-2-4-8-14(12)17(15)16/h1-9H,10H2. The molecule has 2 nitrogen and oxygen atoms in total. The van der Waals surface area contributed by atoms with Crippen molar-refractivity contribution in [2.24, 2.45) is 0 Å². The number of nitrogens with zero attached hydrogens (tertiary/aromatic N) is 1. The third-order valence-electron chi connectivity index (χ3n) is 3.60. The number of benzene rings is 2. The van der Waals surface area contributed by atoms with Gasteiger partial charge in [0.2, 0.25) is 5.91 Å². The Hall–Kier alpha value is -2.35. The molecule has 0 atom stereocenters. The van der Waals surface area contributed by atoms with E-state index < -0.39 is 0 Å². The Morgan fingerprint density at radius 1 is 0.944 bits per heavy atom. The van der Waals surface area contributed by atoms with E-state index in [9.17, 15) is 4.79 Å². The summed E-state index contributed by atoms with van der Waals surface area (Å²) in [5.41, 5.74) is 4.32. The highest BCUT2D eigenvalue weighted by atomic mass is 16.2. The zero-order valence-corrected chi connectivity index (χ0v) is 9.76. The van der Waals surface area contributed by atoms with Gasteiger partial charge in [0, 0.05) is 10.9 Å². The summed E-state index contributed by atoms with van der Waals surface area (Å²) in [6, 6.07) is 18.3. The van der Waals surface area contributed by atoms with Gasteiger partial charge in [-0.25, -0.2) is 0 Å². The summed E-state index contributed by atoms with van der Waals surface area (Å²) < 4.78 is 1.84. The molecular weight excluding hydrogens is 222 g/mol. The maximum absolute atomic E-state index is 12.3. The summed E-state index contributed by atoms with van der Waals surface area (Å²) in [4.78, 5) is 12.3. The molecule has 0 amide bonds. The van der Waals surface area contributed by atoms with Gasteiger partial charge in [-0.05, 0) is 17.7 Å². The first-order valence-electron chi connectivity index (χ1n) is 6.06. The molecule has 2 heterocycles. The van der Waals surface area contributed by atoms with E-state index in [4.69, 9.17) is 0 Å². The van der Waals surface area contributed by atoms with Crippen LogP contribution in [-0.2, 0) is 6.42 Å². The molecule has 0 fully saturated rings. The van der Waals surface area contributed by atoms with Crippen molar-refractivity contribution in [3.63, 3.8) is 0 Å². The maximum Gasteiger partial charge on any atom is 0.236 e. The van der Waals surface area contributed by atoms with Gasteiger partial charge in [0.1, 0.15) is 0 Å². The number of carbonyl (C=O) groups is 1. The first-order valence-corrected chi connectivity index (χ1v) is 6.06.